The molecule has 1 aliphatic rings. The minimum atomic E-state index is -2.92. The van der Waals surface area contributed by atoms with Crippen LogP contribution < -0.4 is 5.32 Å². The second-order valence-electron chi connectivity index (χ2n) is 5.67. The lowest BCUT2D eigenvalue weighted by Crippen LogP contribution is -2.41. The average Bonchev–Trinajstić information content (AvgIpc) is 2.80. The number of benzene rings is 1. The van der Waals surface area contributed by atoms with Gasteiger partial charge in [-0.1, -0.05) is 30.3 Å². The second-order valence-corrected chi connectivity index (χ2v) is 7.90. The molecule has 21 heavy (non-hydrogen) atoms. The standard InChI is InChI=1S/C15H22N2O3S/c1-12(13-6-4-3-5-7-13)16-15(18)10-17(2)14-8-9-21(19,20)11-14/h3-7,12,14H,8-11H2,1-2H3,(H,16,18). The van der Waals surface area contributed by atoms with Crippen LogP contribution in [-0.2, 0) is 14.6 Å². The fourth-order valence-electron chi connectivity index (χ4n) is 2.59. The summed E-state index contributed by atoms with van der Waals surface area (Å²) in [5.41, 5.74) is 1.05. The number of nitrogens with zero attached hydrogens (tertiary/aromatic N) is 1. The van der Waals surface area contributed by atoms with Crippen molar-refractivity contribution in [2.45, 2.75) is 25.4 Å². The molecule has 116 valence electrons. The van der Waals surface area contributed by atoms with E-state index in [1.807, 2.05) is 42.2 Å². The largest absolute Gasteiger partial charge is 0.348 e. The van der Waals surface area contributed by atoms with Gasteiger partial charge in [-0.3, -0.25) is 9.69 Å². The number of nitrogens with one attached hydrogen (secondary N) is 1. The number of hydrogen-bond donors (Lipinski definition) is 1. The van der Waals surface area contributed by atoms with Crippen molar-refractivity contribution in [3.63, 3.8) is 0 Å². The van der Waals surface area contributed by atoms with Crippen molar-refractivity contribution in [1.82, 2.24) is 10.2 Å². The minimum Gasteiger partial charge on any atom is -0.348 e. The molecule has 2 atom stereocenters. The maximum Gasteiger partial charge on any atom is 0.234 e. The highest BCUT2D eigenvalue weighted by atomic mass is 32.2. The zero-order valence-electron chi connectivity index (χ0n) is 12.5. The maximum absolute atomic E-state index is 12.1. The van der Waals surface area contributed by atoms with Crippen LogP contribution in [0.4, 0.5) is 0 Å². The van der Waals surface area contributed by atoms with Crippen molar-refractivity contribution in [3.05, 3.63) is 35.9 Å². The van der Waals surface area contributed by atoms with Gasteiger partial charge in [-0.2, -0.15) is 0 Å². The molecule has 0 aromatic heterocycles. The van der Waals surface area contributed by atoms with Gasteiger partial charge in [0.2, 0.25) is 5.91 Å². The molecule has 0 spiro atoms. The molecule has 1 amide bonds. The van der Waals surface area contributed by atoms with Crippen LogP contribution in [0.1, 0.15) is 24.9 Å². The smallest absolute Gasteiger partial charge is 0.234 e. The van der Waals surface area contributed by atoms with Gasteiger partial charge in [0.1, 0.15) is 0 Å². The summed E-state index contributed by atoms with van der Waals surface area (Å²) in [5, 5.41) is 2.94. The van der Waals surface area contributed by atoms with E-state index in [2.05, 4.69) is 5.32 Å². The summed E-state index contributed by atoms with van der Waals surface area (Å²) in [4.78, 5) is 13.9. The first-order valence-electron chi connectivity index (χ1n) is 7.12. The SMILES string of the molecule is CC(NC(=O)CN(C)C1CCS(=O)(=O)C1)c1ccccc1. The van der Waals surface area contributed by atoms with E-state index >= 15 is 0 Å². The van der Waals surface area contributed by atoms with Crippen LogP contribution in [-0.4, -0.2) is 50.4 Å². The van der Waals surface area contributed by atoms with Gasteiger partial charge in [-0.15, -0.1) is 0 Å². The predicted octanol–water partition coefficient (Wildman–Crippen LogP) is 0.983. The van der Waals surface area contributed by atoms with Crippen LogP contribution in [0.3, 0.4) is 0 Å². The number of carbonyl (C=O) groups is 1. The first kappa shape index (κ1) is 16.0. The molecule has 1 aliphatic heterocycles. The van der Waals surface area contributed by atoms with E-state index in [0.29, 0.717) is 6.42 Å². The Morgan fingerprint density at radius 2 is 2.05 bits per heavy atom. The highest BCUT2D eigenvalue weighted by Gasteiger charge is 2.31. The summed E-state index contributed by atoms with van der Waals surface area (Å²) >= 11 is 0. The summed E-state index contributed by atoms with van der Waals surface area (Å²) in [5.74, 6) is 0.299. The molecule has 1 N–H and O–H groups in total. The highest BCUT2D eigenvalue weighted by molar-refractivity contribution is 7.91. The Morgan fingerprint density at radius 1 is 1.38 bits per heavy atom. The molecule has 5 nitrogen and oxygen atoms in total. The molecular formula is C15H22N2O3S. The summed E-state index contributed by atoms with van der Waals surface area (Å²) in [6.07, 6.45) is 0.611. The molecule has 2 rings (SSSR count). The lowest BCUT2D eigenvalue weighted by Gasteiger charge is -2.23. The number of carbonyl (C=O) groups excluding carboxylic acids is 1. The van der Waals surface area contributed by atoms with E-state index in [1.54, 1.807) is 7.05 Å². The molecular weight excluding hydrogens is 288 g/mol. The molecule has 0 aliphatic carbocycles. The van der Waals surface area contributed by atoms with Gasteiger partial charge in [0.25, 0.3) is 0 Å². The number of likely N-dealkylation sites (N-methyl/N-ethyl adjacent to an activating group) is 1. The Kier molecular flexibility index (Phi) is 5.00. The Hall–Kier alpha value is -1.40. The van der Waals surface area contributed by atoms with E-state index in [0.717, 1.165) is 5.56 Å². The number of hydrogen-bond acceptors (Lipinski definition) is 4. The van der Waals surface area contributed by atoms with Gasteiger partial charge in [-0.25, -0.2) is 8.42 Å². The summed E-state index contributed by atoms with van der Waals surface area (Å²) < 4.78 is 22.9. The normalized spacial score (nSPS) is 22.1. The van der Waals surface area contributed by atoms with Crippen LogP contribution in [0.5, 0.6) is 0 Å². The molecule has 1 heterocycles. The molecule has 0 saturated carbocycles. The zero-order chi connectivity index (χ0) is 15.5. The fraction of sp³-hybridized carbons (Fsp3) is 0.533. The highest BCUT2D eigenvalue weighted by Crippen LogP contribution is 2.16. The quantitative estimate of drug-likeness (QED) is 0.880. The Labute approximate surface area is 126 Å². The van der Waals surface area contributed by atoms with E-state index in [4.69, 9.17) is 0 Å². The van der Waals surface area contributed by atoms with Crippen molar-refractivity contribution in [3.8, 4) is 0 Å². The molecule has 1 fully saturated rings. The lowest BCUT2D eigenvalue weighted by atomic mass is 10.1. The summed E-state index contributed by atoms with van der Waals surface area (Å²) in [6, 6.07) is 9.65. The van der Waals surface area contributed by atoms with Gasteiger partial charge < -0.3 is 5.32 Å². The van der Waals surface area contributed by atoms with E-state index in [9.17, 15) is 13.2 Å². The van der Waals surface area contributed by atoms with Crippen LogP contribution in [0, 0.1) is 0 Å². The van der Waals surface area contributed by atoms with Crippen molar-refractivity contribution in [2.75, 3.05) is 25.1 Å². The molecule has 0 bridgehead atoms. The molecule has 0 radical (unpaired) electrons. The van der Waals surface area contributed by atoms with Gasteiger partial charge in [0.15, 0.2) is 9.84 Å². The van der Waals surface area contributed by atoms with Crippen LogP contribution in [0.15, 0.2) is 30.3 Å². The van der Waals surface area contributed by atoms with Crippen LogP contribution in [0.25, 0.3) is 0 Å². The Bertz CT molecular complexity index is 586. The van der Waals surface area contributed by atoms with Crippen molar-refractivity contribution in [2.24, 2.45) is 0 Å². The number of rotatable bonds is 5. The second kappa shape index (κ2) is 6.58. The summed E-state index contributed by atoms with van der Waals surface area (Å²) in [7, 11) is -1.11. The minimum absolute atomic E-state index is 0.0484. The molecule has 2 unspecified atom stereocenters. The number of amides is 1. The monoisotopic (exact) mass is 310 g/mol. The van der Waals surface area contributed by atoms with E-state index in [1.165, 1.54) is 0 Å². The third kappa shape index (κ3) is 4.54. The number of sulfone groups is 1. The molecule has 1 aromatic carbocycles. The molecule has 1 saturated heterocycles. The average molecular weight is 310 g/mol. The van der Waals surface area contributed by atoms with Gasteiger partial charge >= 0.3 is 0 Å². The zero-order valence-corrected chi connectivity index (χ0v) is 13.3. The predicted molar refractivity (Wildman–Crippen MR) is 82.7 cm³/mol. The Morgan fingerprint density at radius 3 is 2.62 bits per heavy atom. The van der Waals surface area contributed by atoms with Crippen LogP contribution >= 0.6 is 0 Å². The molecule has 6 heteroatoms. The first-order chi connectivity index (χ1) is 9.87. The van der Waals surface area contributed by atoms with Crippen molar-refractivity contribution >= 4 is 15.7 Å². The van der Waals surface area contributed by atoms with Gasteiger partial charge in [0.05, 0.1) is 24.1 Å². The van der Waals surface area contributed by atoms with Gasteiger partial charge in [0, 0.05) is 6.04 Å². The summed E-state index contributed by atoms with van der Waals surface area (Å²) in [6.45, 7) is 2.16. The lowest BCUT2D eigenvalue weighted by molar-refractivity contribution is -0.123. The topological polar surface area (TPSA) is 66.5 Å². The first-order valence-corrected chi connectivity index (χ1v) is 8.94. The Balaban J connectivity index is 1.84. The van der Waals surface area contributed by atoms with Crippen molar-refractivity contribution < 1.29 is 13.2 Å². The molecule has 1 aromatic rings. The third-order valence-electron chi connectivity index (χ3n) is 3.90. The van der Waals surface area contributed by atoms with Crippen LogP contribution in [0.2, 0.25) is 0 Å². The maximum atomic E-state index is 12.1. The van der Waals surface area contributed by atoms with E-state index < -0.39 is 9.84 Å². The van der Waals surface area contributed by atoms with E-state index in [-0.39, 0.29) is 36.0 Å². The van der Waals surface area contributed by atoms with Gasteiger partial charge in [-0.05, 0) is 26.0 Å². The van der Waals surface area contributed by atoms with Crippen molar-refractivity contribution in [1.29, 1.82) is 0 Å². The third-order valence-corrected chi connectivity index (χ3v) is 5.65. The fourth-order valence-corrected chi connectivity index (χ4v) is 4.40.